The Morgan fingerprint density at radius 2 is 0.232 bits per heavy atom. The molecule has 26 aromatic carbocycles. The minimum Gasteiger partial charge on any atom is -0.0622 e. The number of benzene rings is 20. The van der Waals surface area contributed by atoms with Crippen LogP contribution in [-0.4, -0.2) is 0 Å². The number of hydrogen-bond acceptors (Lipinski definition) is 0. The Kier molecular flexibility index (Phi) is 4.71. The van der Waals surface area contributed by atoms with Crippen LogP contribution in [0.15, 0.2) is 152 Å². The average molecular weight is 1180 g/mol. The minimum absolute atomic E-state index is 0.485. The van der Waals surface area contributed by atoms with Crippen molar-refractivity contribution in [3.8, 4) is 0 Å². The SMILES string of the molecule is c1ccc(CC23[C]4[C]5[C]6[C]7[C]4C4(Cc8ccccc8)c8c2c2c9c3c3c%10c%11c(c%12c%13c%14c(c%15c%16c%17c(c4c4c8c8c2c2c%18c9c%10c9c%10c%11c%13c%11c%13c%14c%16c%14c%16c%17c4c4c8c2c2c(c%189)c(c%10%11)c(c%13%14)c2c4%16)C7%15Cc2ccccc2)C6%12Cc2ccccc2)C53Cc2ccccc2)cc1. The van der Waals surface area contributed by atoms with Gasteiger partial charge >= 0.3 is 0 Å². The second-order valence-electron chi connectivity index (χ2n) is 33.5. The van der Waals surface area contributed by atoms with Gasteiger partial charge in [0, 0.05) is 56.7 Å². The van der Waals surface area contributed by atoms with Crippen molar-refractivity contribution in [1.29, 1.82) is 0 Å². The van der Waals surface area contributed by atoms with Gasteiger partial charge in [-0.05, 0) is 331 Å². The van der Waals surface area contributed by atoms with Crippen LogP contribution in [0.1, 0.15) is 83.5 Å². The van der Waals surface area contributed by atoms with E-state index in [-0.39, 0.29) is 0 Å². The summed E-state index contributed by atoms with van der Waals surface area (Å²) in [7, 11) is 0. The first-order chi connectivity index (χ1) is 47.2. The monoisotopic (exact) mass is 1180 g/mol. The summed E-state index contributed by atoms with van der Waals surface area (Å²) in [6.07, 6.45) is 4.76. The molecule has 1 fully saturated rings. The summed E-state index contributed by atoms with van der Waals surface area (Å²) in [5.74, 6) is 8.93. The summed E-state index contributed by atoms with van der Waals surface area (Å²) < 4.78 is 0. The molecule has 0 aliphatic heterocycles. The van der Waals surface area contributed by atoms with Crippen molar-refractivity contribution in [3.63, 3.8) is 0 Å². The van der Waals surface area contributed by atoms with Gasteiger partial charge < -0.3 is 0 Å². The molecule has 415 valence electrons. The molecule has 95 heavy (non-hydrogen) atoms. The zero-order chi connectivity index (χ0) is 58.4. The van der Waals surface area contributed by atoms with Gasteiger partial charge in [-0.15, -0.1) is 0 Å². The van der Waals surface area contributed by atoms with E-state index in [0.29, 0.717) is 0 Å². The molecule has 11 aliphatic carbocycles. The Morgan fingerprint density at radius 1 is 0.126 bits per heavy atom. The van der Waals surface area contributed by atoms with Gasteiger partial charge in [0.1, 0.15) is 0 Å². The fraction of sp³-hybridized carbons (Fsp3) is 0.105. The molecular formula is C95H35. The average Bonchev–Trinajstić information content (AvgIpc) is 1.37. The van der Waals surface area contributed by atoms with Crippen molar-refractivity contribution >= 4 is 215 Å². The topological polar surface area (TPSA) is 0 Å². The van der Waals surface area contributed by atoms with Crippen molar-refractivity contribution in [2.24, 2.45) is 0 Å². The lowest BCUT2D eigenvalue weighted by Gasteiger charge is -2.63. The maximum atomic E-state index is 2.57. The predicted molar refractivity (Wildman–Crippen MR) is 389 cm³/mol. The van der Waals surface area contributed by atoms with Gasteiger partial charge in [0.2, 0.25) is 0 Å². The van der Waals surface area contributed by atoms with Gasteiger partial charge in [-0.25, -0.2) is 0 Å². The van der Waals surface area contributed by atoms with Crippen molar-refractivity contribution < 1.29 is 0 Å². The Morgan fingerprint density at radius 3 is 0.347 bits per heavy atom. The molecular weight excluding hydrogens is 1140 g/mol. The fourth-order valence-corrected chi connectivity index (χ4v) is 31.0. The lowest BCUT2D eigenvalue weighted by Crippen LogP contribution is -2.61. The van der Waals surface area contributed by atoms with E-state index in [0.717, 1.165) is 32.1 Å². The van der Waals surface area contributed by atoms with Crippen molar-refractivity contribution in [1.82, 2.24) is 0 Å². The van der Waals surface area contributed by atoms with E-state index in [9.17, 15) is 0 Å². The van der Waals surface area contributed by atoms with Crippen LogP contribution in [0.3, 0.4) is 0 Å². The maximum Gasteiger partial charge on any atom is 0.0337 e. The third-order valence-electron chi connectivity index (χ3n) is 31.7. The molecule has 37 rings (SSSR count). The largest absolute Gasteiger partial charge is 0.0622 e. The molecule has 11 aliphatic rings. The van der Waals surface area contributed by atoms with Gasteiger partial charge in [0.15, 0.2) is 0 Å². The van der Waals surface area contributed by atoms with Crippen molar-refractivity contribution in [2.45, 2.75) is 59.2 Å². The highest BCUT2D eigenvalue weighted by atomic mass is 14.9. The molecule has 0 unspecified atom stereocenters. The summed E-state index contributed by atoms with van der Waals surface area (Å²) in [4.78, 5) is 0. The predicted octanol–water partition coefficient (Wildman–Crippen LogP) is 21.8. The third kappa shape index (κ3) is 2.82. The zero-order valence-corrected chi connectivity index (χ0v) is 50.5. The molecule has 0 aromatic heterocycles. The van der Waals surface area contributed by atoms with Gasteiger partial charge in [-0.2, -0.15) is 0 Å². The summed E-state index contributed by atoms with van der Waals surface area (Å²) in [5.41, 5.74) is 22.5. The zero-order valence-electron chi connectivity index (χ0n) is 50.5. The quantitative estimate of drug-likeness (QED) is 0.120. The Balaban J connectivity index is 0.972. The summed E-state index contributed by atoms with van der Waals surface area (Å²) in [6, 6.07) is 61.1. The van der Waals surface area contributed by atoms with Crippen LogP contribution >= 0.6 is 0 Å². The molecule has 0 spiro atoms. The van der Waals surface area contributed by atoms with Crippen LogP contribution in [0.5, 0.6) is 0 Å². The van der Waals surface area contributed by atoms with E-state index in [1.165, 1.54) is 27.8 Å². The highest BCUT2D eigenvalue weighted by Gasteiger charge is 2.89. The van der Waals surface area contributed by atoms with Crippen LogP contribution < -0.4 is 0 Å². The standard InChI is InChI=1S/C95H35/c1-6-16-31(17-7-1)26-91-76-66-56-46-41-36-37-39-40-38(36)43-50-48(41)58(56)68-70-60(50)62-52(43)54-45(40)55-53-44(39)51-49-42(37)47(46)57-59(49)69-71-61(51)63(53)73-75-65(55)64(54)74-72(62)82-80(70)92(78(68)76,27-32-18-8-2-9-19-32)87-86(91)88-90-89(87)94(82,29-34-22-12-4-13-23-34)84(74)85(75)95(90,30-35-24-14-5-15-25-35)83(73)81(71)93(88,79(69)77(91)67(57)66)28-33-20-10-3-11-21-33/h1-25H,26-30H2. The molecule has 5 radical (unpaired) electrons. The van der Waals surface area contributed by atoms with Crippen molar-refractivity contribution in [3.05, 3.63) is 265 Å². The first kappa shape index (κ1) is 41.3. The molecule has 0 atom stereocenters. The highest BCUT2D eigenvalue weighted by Crippen LogP contribution is 2.96. The van der Waals surface area contributed by atoms with Crippen LogP contribution in [0, 0.1) is 29.6 Å². The smallest absolute Gasteiger partial charge is 0.0337 e. The molecule has 0 bridgehead atoms. The van der Waals surface area contributed by atoms with Gasteiger partial charge in [-0.3, -0.25) is 0 Å². The number of rotatable bonds is 10. The molecule has 0 heterocycles. The second kappa shape index (κ2) is 10.8. The maximum absolute atomic E-state index is 2.57. The summed E-state index contributed by atoms with van der Waals surface area (Å²) >= 11 is 0. The molecule has 26 aromatic rings. The third-order valence-corrected chi connectivity index (χ3v) is 31.7. The molecule has 0 heteroatoms. The molecule has 0 amide bonds. The van der Waals surface area contributed by atoms with E-state index in [2.05, 4.69) is 152 Å². The van der Waals surface area contributed by atoms with E-state index < -0.39 is 27.1 Å². The summed E-state index contributed by atoms with van der Waals surface area (Å²) in [5, 5.41) is 66.5. The Hall–Kier alpha value is -10.4. The second-order valence-corrected chi connectivity index (χ2v) is 33.5. The van der Waals surface area contributed by atoms with Crippen molar-refractivity contribution in [2.75, 3.05) is 0 Å². The van der Waals surface area contributed by atoms with E-state index in [1.54, 1.807) is 301 Å². The lowest BCUT2D eigenvalue weighted by molar-refractivity contribution is 0.352. The normalized spacial score (nSPS) is 26.1. The van der Waals surface area contributed by atoms with Crippen LogP contribution in [-0.2, 0) is 59.2 Å². The van der Waals surface area contributed by atoms with Gasteiger partial charge in [0.25, 0.3) is 0 Å². The van der Waals surface area contributed by atoms with Gasteiger partial charge in [0.05, 0.1) is 0 Å². The lowest BCUT2D eigenvalue weighted by atomic mass is 9.37. The highest BCUT2D eigenvalue weighted by molar-refractivity contribution is 6.77. The van der Waals surface area contributed by atoms with E-state index in [1.807, 2.05) is 0 Å². The molecule has 0 saturated heterocycles. The Bertz CT molecular complexity index is 6860. The summed E-state index contributed by atoms with van der Waals surface area (Å²) in [6.45, 7) is 0. The van der Waals surface area contributed by atoms with Crippen LogP contribution in [0.2, 0.25) is 0 Å². The number of hydrogen-bond donors (Lipinski definition) is 0. The van der Waals surface area contributed by atoms with E-state index >= 15 is 0 Å². The molecule has 0 nitrogen and oxygen atoms in total. The first-order valence-corrected chi connectivity index (χ1v) is 35.6. The molecule has 1 saturated carbocycles. The van der Waals surface area contributed by atoms with Crippen LogP contribution in [0.4, 0.5) is 0 Å². The Labute approximate surface area is 535 Å². The fourth-order valence-electron chi connectivity index (χ4n) is 31.0. The minimum atomic E-state index is -0.485. The first-order valence-electron chi connectivity index (χ1n) is 35.6. The molecule has 0 N–H and O–H groups in total. The van der Waals surface area contributed by atoms with Crippen LogP contribution in [0.25, 0.3) is 215 Å². The van der Waals surface area contributed by atoms with E-state index in [4.69, 9.17) is 0 Å². The van der Waals surface area contributed by atoms with Gasteiger partial charge in [-0.1, -0.05) is 152 Å².